The maximum absolute atomic E-state index is 5.89. The smallest absolute Gasteiger partial charge is 0.0531 e. The summed E-state index contributed by atoms with van der Waals surface area (Å²) >= 11 is 3.54. The molecule has 0 aliphatic rings. The van der Waals surface area contributed by atoms with Gasteiger partial charge in [0, 0.05) is 15.8 Å². The summed E-state index contributed by atoms with van der Waals surface area (Å²) < 4.78 is 1.05. The van der Waals surface area contributed by atoms with Crippen molar-refractivity contribution in [2.24, 2.45) is 0 Å². The Bertz CT molecular complexity index is 550. The molecule has 0 aliphatic carbocycles. The van der Waals surface area contributed by atoms with E-state index in [1.165, 1.54) is 5.56 Å². The number of hydrogen-bond donors (Lipinski definition) is 2. The van der Waals surface area contributed by atoms with Crippen LogP contribution in [0.4, 0.5) is 17.1 Å². The molecule has 3 heteroatoms. The standard InChI is InChI=1S/C14H15BrN2/c1-9-6-7-11(15)14(8-9)17-13-5-3-4-12(16)10(13)2/h3-8,17H,16H2,1-2H3. The lowest BCUT2D eigenvalue weighted by Gasteiger charge is -2.13. The van der Waals surface area contributed by atoms with E-state index in [2.05, 4.69) is 40.3 Å². The van der Waals surface area contributed by atoms with E-state index in [0.29, 0.717) is 0 Å². The number of nitrogens with one attached hydrogen (secondary N) is 1. The van der Waals surface area contributed by atoms with Crippen molar-refractivity contribution in [3.05, 3.63) is 52.0 Å². The summed E-state index contributed by atoms with van der Waals surface area (Å²) in [6.07, 6.45) is 0. The Morgan fingerprint density at radius 2 is 1.82 bits per heavy atom. The lowest BCUT2D eigenvalue weighted by Crippen LogP contribution is -1.97. The first kappa shape index (κ1) is 12.0. The monoisotopic (exact) mass is 290 g/mol. The molecule has 0 fully saturated rings. The van der Waals surface area contributed by atoms with Gasteiger partial charge in [0.1, 0.15) is 0 Å². The molecule has 0 saturated heterocycles. The number of rotatable bonds is 2. The minimum atomic E-state index is 0.804. The van der Waals surface area contributed by atoms with E-state index in [0.717, 1.165) is 27.1 Å². The van der Waals surface area contributed by atoms with Gasteiger partial charge in [-0.3, -0.25) is 0 Å². The quantitative estimate of drug-likeness (QED) is 0.805. The zero-order chi connectivity index (χ0) is 12.4. The highest BCUT2D eigenvalue weighted by Crippen LogP contribution is 2.29. The SMILES string of the molecule is Cc1ccc(Br)c(Nc2cccc(N)c2C)c1. The fraction of sp³-hybridized carbons (Fsp3) is 0.143. The number of nitrogen functional groups attached to an aromatic ring is 1. The van der Waals surface area contributed by atoms with Crippen LogP contribution in [-0.2, 0) is 0 Å². The highest BCUT2D eigenvalue weighted by molar-refractivity contribution is 9.10. The Morgan fingerprint density at radius 3 is 2.59 bits per heavy atom. The Labute approximate surface area is 110 Å². The molecule has 2 nitrogen and oxygen atoms in total. The van der Waals surface area contributed by atoms with Gasteiger partial charge in [-0.05, 0) is 65.2 Å². The number of nitrogens with two attached hydrogens (primary N) is 1. The second-order valence-corrected chi connectivity index (χ2v) is 4.98. The van der Waals surface area contributed by atoms with Crippen LogP contribution in [0.5, 0.6) is 0 Å². The van der Waals surface area contributed by atoms with Gasteiger partial charge in [-0.1, -0.05) is 12.1 Å². The number of halogens is 1. The van der Waals surface area contributed by atoms with Crippen molar-refractivity contribution < 1.29 is 0 Å². The molecule has 0 aliphatic heterocycles. The molecule has 88 valence electrons. The van der Waals surface area contributed by atoms with Gasteiger partial charge < -0.3 is 11.1 Å². The van der Waals surface area contributed by atoms with Crippen molar-refractivity contribution in [1.29, 1.82) is 0 Å². The lowest BCUT2D eigenvalue weighted by atomic mass is 10.1. The predicted octanol–water partition coefficient (Wildman–Crippen LogP) is 4.39. The van der Waals surface area contributed by atoms with E-state index < -0.39 is 0 Å². The van der Waals surface area contributed by atoms with E-state index in [-0.39, 0.29) is 0 Å². The van der Waals surface area contributed by atoms with E-state index in [4.69, 9.17) is 5.73 Å². The summed E-state index contributed by atoms with van der Waals surface area (Å²) in [7, 11) is 0. The highest BCUT2D eigenvalue weighted by Gasteiger charge is 2.04. The number of aryl methyl sites for hydroxylation is 1. The Hall–Kier alpha value is -1.48. The van der Waals surface area contributed by atoms with E-state index >= 15 is 0 Å². The second-order valence-electron chi connectivity index (χ2n) is 4.13. The fourth-order valence-electron chi connectivity index (χ4n) is 1.67. The predicted molar refractivity (Wildman–Crippen MR) is 77.8 cm³/mol. The van der Waals surface area contributed by atoms with Crippen LogP contribution >= 0.6 is 15.9 Å². The Morgan fingerprint density at radius 1 is 1.06 bits per heavy atom. The Kier molecular flexibility index (Phi) is 3.38. The molecule has 0 radical (unpaired) electrons. The van der Waals surface area contributed by atoms with Crippen LogP contribution in [0.3, 0.4) is 0 Å². The highest BCUT2D eigenvalue weighted by atomic mass is 79.9. The van der Waals surface area contributed by atoms with Crippen molar-refractivity contribution in [3.8, 4) is 0 Å². The molecule has 3 N–H and O–H groups in total. The topological polar surface area (TPSA) is 38.0 Å². The zero-order valence-corrected chi connectivity index (χ0v) is 11.5. The van der Waals surface area contributed by atoms with Crippen molar-refractivity contribution >= 4 is 33.0 Å². The van der Waals surface area contributed by atoms with Crippen LogP contribution in [0.1, 0.15) is 11.1 Å². The van der Waals surface area contributed by atoms with E-state index in [1.807, 2.05) is 31.2 Å². The first-order chi connectivity index (χ1) is 8.08. The number of anilines is 3. The second kappa shape index (κ2) is 4.80. The van der Waals surface area contributed by atoms with Crippen LogP contribution in [0, 0.1) is 13.8 Å². The third kappa shape index (κ3) is 2.61. The van der Waals surface area contributed by atoms with Crippen LogP contribution in [-0.4, -0.2) is 0 Å². The molecular weight excluding hydrogens is 276 g/mol. The van der Waals surface area contributed by atoms with Gasteiger partial charge >= 0.3 is 0 Å². The van der Waals surface area contributed by atoms with Crippen LogP contribution in [0.15, 0.2) is 40.9 Å². The van der Waals surface area contributed by atoms with Gasteiger partial charge in [0.25, 0.3) is 0 Å². The largest absolute Gasteiger partial charge is 0.398 e. The van der Waals surface area contributed by atoms with Crippen molar-refractivity contribution in [3.63, 3.8) is 0 Å². The summed E-state index contributed by atoms with van der Waals surface area (Å²) in [6, 6.07) is 12.1. The average Bonchev–Trinajstić information content (AvgIpc) is 2.30. The van der Waals surface area contributed by atoms with Crippen LogP contribution in [0.25, 0.3) is 0 Å². The third-order valence-corrected chi connectivity index (χ3v) is 3.46. The summed E-state index contributed by atoms with van der Waals surface area (Å²) in [5.41, 5.74) is 11.1. The summed E-state index contributed by atoms with van der Waals surface area (Å²) in [6.45, 7) is 4.09. The van der Waals surface area contributed by atoms with Gasteiger partial charge in [-0.25, -0.2) is 0 Å². The number of hydrogen-bond acceptors (Lipinski definition) is 2. The van der Waals surface area contributed by atoms with Crippen molar-refractivity contribution in [1.82, 2.24) is 0 Å². The fourth-order valence-corrected chi connectivity index (χ4v) is 2.01. The average molecular weight is 291 g/mol. The molecule has 0 amide bonds. The summed E-state index contributed by atoms with van der Waals surface area (Å²) in [5.74, 6) is 0. The molecule has 0 heterocycles. The van der Waals surface area contributed by atoms with Gasteiger partial charge in [0.2, 0.25) is 0 Å². The van der Waals surface area contributed by atoms with Gasteiger partial charge in [0.15, 0.2) is 0 Å². The van der Waals surface area contributed by atoms with Gasteiger partial charge in [-0.15, -0.1) is 0 Å². The van der Waals surface area contributed by atoms with Crippen LogP contribution in [0.2, 0.25) is 0 Å². The van der Waals surface area contributed by atoms with Crippen molar-refractivity contribution in [2.45, 2.75) is 13.8 Å². The molecule has 0 aromatic heterocycles. The molecule has 17 heavy (non-hydrogen) atoms. The summed E-state index contributed by atoms with van der Waals surface area (Å²) in [4.78, 5) is 0. The van der Waals surface area contributed by atoms with Gasteiger partial charge in [-0.2, -0.15) is 0 Å². The van der Waals surface area contributed by atoms with Crippen molar-refractivity contribution in [2.75, 3.05) is 11.1 Å². The zero-order valence-electron chi connectivity index (χ0n) is 9.92. The Balaban J connectivity index is 2.38. The molecule has 0 unspecified atom stereocenters. The molecule has 0 saturated carbocycles. The molecule has 2 aromatic rings. The first-order valence-electron chi connectivity index (χ1n) is 5.46. The van der Waals surface area contributed by atoms with Crippen LogP contribution < -0.4 is 11.1 Å². The minimum absolute atomic E-state index is 0.804. The van der Waals surface area contributed by atoms with E-state index in [9.17, 15) is 0 Å². The first-order valence-corrected chi connectivity index (χ1v) is 6.25. The molecule has 0 spiro atoms. The summed E-state index contributed by atoms with van der Waals surface area (Å²) in [5, 5.41) is 3.40. The maximum Gasteiger partial charge on any atom is 0.0531 e. The lowest BCUT2D eigenvalue weighted by molar-refractivity contribution is 1.40. The third-order valence-electron chi connectivity index (χ3n) is 2.77. The van der Waals surface area contributed by atoms with Gasteiger partial charge in [0.05, 0.1) is 5.69 Å². The molecular formula is C14H15BrN2. The minimum Gasteiger partial charge on any atom is -0.398 e. The molecule has 2 rings (SSSR count). The normalized spacial score (nSPS) is 10.3. The number of benzene rings is 2. The maximum atomic E-state index is 5.89. The molecule has 0 bridgehead atoms. The molecule has 2 aromatic carbocycles. The molecule has 0 atom stereocenters. The van der Waals surface area contributed by atoms with E-state index in [1.54, 1.807) is 0 Å².